The van der Waals surface area contributed by atoms with Crippen LogP contribution in [0.2, 0.25) is 0 Å². The molecule has 0 saturated heterocycles. The summed E-state index contributed by atoms with van der Waals surface area (Å²) in [5.74, 6) is -0.664. The predicted octanol–water partition coefficient (Wildman–Crippen LogP) is 2.57. The highest BCUT2D eigenvalue weighted by Crippen LogP contribution is 2.13. The van der Waals surface area contributed by atoms with Crippen LogP contribution < -0.4 is 5.32 Å². The molecule has 1 N–H and O–H groups in total. The number of amides is 1. The average molecular weight is 358 g/mol. The van der Waals surface area contributed by atoms with Gasteiger partial charge in [0.05, 0.1) is 11.1 Å². The summed E-state index contributed by atoms with van der Waals surface area (Å²) in [7, 11) is 0. The van der Waals surface area contributed by atoms with E-state index < -0.39 is 23.4 Å². The van der Waals surface area contributed by atoms with Crippen LogP contribution in [0.25, 0.3) is 6.08 Å². The lowest BCUT2D eigenvalue weighted by Crippen LogP contribution is -2.22. The molecular weight excluding hydrogens is 340 g/mol. The molecule has 0 aliphatic heterocycles. The zero-order chi connectivity index (χ0) is 19.1. The van der Waals surface area contributed by atoms with Crippen LogP contribution in [-0.4, -0.2) is 33.2 Å². The van der Waals surface area contributed by atoms with Crippen molar-refractivity contribution >= 4 is 29.5 Å². The normalized spacial score (nSPS) is 10.9. The zero-order valence-electron chi connectivity index (χ0n) is 14.3. The molecule has 0 atom stereocenters. The number of hydrogen-bond acceptors (Lipinski definition) is 6. The van der Waals surface area contributed by atoms with Gasteiger partial charge >= 0.3 is 5.97 Å². The van der Waals surface area contributed by atoms with Gasteiger partial charge in [-0.05, 0) is 37.6 Å². The van der Waals surface area contributed by atoms with Crippen LogP contribution in [0.5, 0.6) is 0 Å². The Labute approximate surface area is 149 Å². The molecule has 0 spiro atoms. The molecule has 2 rings (SSSR count). The third-order valence-corrected chi connectivity index (χ3v) is 3.29. The summed E-state index contributed by atoms with van der Waals surface area (Å²) in [6, 6.07) is 7.39. The van der Waals surface area contributed by atoms with Gasteiger partial charge in [0.25, 0.3) is 11.6 Å². The number of anilines is 1. The number of rotatable bonds is 7. The number of carbonyl (C=O) groups is 2. The quantitative estimate of drug-likeness (QED) is 0.352. The molecule has 9 heteroatoms. The van der Waals surface area contributed by atoms with Crippen molar-refractivity contribution in [1.29, 1.82) is 0 Å². The van der Waals surface area contributed by atoms with Crippen molar-refractivity contribution in [2.24, 2.45) is 0 Å². The van der Waals surface area contributed by atoms with Crippen molar-refractivity contribution in [2.45, 2.75) is 19.9 Å². The predicted molar refractivity (Wildman–Crippen MR) is 94.3 cm³/mol. The molecule has 1 heterocycles. The van der Waals surface area contributed by atoms with Gasteiger partial charge in [-0.3, -0.25) is 14.9 Å². The first-order valence-corrected chi connectivity index (χ1v) is 7.79. The summed E-state index contributed by atoms with van der Waals surface area (Å²) >= 11 is 0. The Bertz CT molecular complexity index is 824. The van der Waals surface area contributed by atoms with E-state index in [1.165, 1.54) is 30.3 Å². The molecule has 26 heavy (non-hydrogen) atoms. The van der Waals surface area contributed by atoms with E-state index in [0.29, 0.717) is 11.4 Å². The number of nitrogens with zero attached hydrogens (tertiary/aromatic N) is 3. The van der Waals surface area contributed by atoms with E-state index in [4.69, 9.17) is 4.74 Å². The fourth-order valence-electron chi connectivity index (χ4n) is 2.06. The third-order valence-electron chi connectivity index (χ3n) is 3.29. The van der Waals surface area contributed by atoms with Crippen molar-refractivity contribution in [1.82, 2.24) is 9.78 Å². The summed E-state index contributed by atoms with van der Waals surface area (Å²) in [6.07, 6.45) is 4.15. The molecule has 0 aliphatic rings. The van der Waals surface area contributed by atoms with E-state index in [2.05, 4.69) is 10.4 Å². The van der Waals surface area contributed by atoms with Gasteiger partial charge in [-0.25, -0.2) is 9.48 Å². The molecule has 136 valence electrons. The number of non-ortho nitro benzene ring substituents is 1. The molecule has 0 fully saturated rings. The van der Waals surface area contributed by atoms with Crippen LogP contribution in [0.3, 0.4) is 0 Å². The van der Waals surface area contributed by atoms with Crippen molar-refractivity contribution in [3.63, 3.8) is 0 Å². The Hall–Kier alpha value is -3.49. The lowest BCUT2D eigenvalue weighted by Gasteiger charge is -2.11. The number of ether oxygens (including phenoxy) is 1. The number of aromatic nitrogens is 2. The SMILES string of the molecule is CC(C)n1nccc1NC(=O)COC(=O)/C=C/c1ccc([N+](=O)[O-])cc1. The van der Waals surface area contributed by atoms with E-state index in [-0.39, 0.29) is 11.7 Å². The maximum Gasteiger partial charge on any atom is 0.331 e. The van der Waals surface area contributed by atoms with E-state index in [0.717, 1.165) is 6.08 Å². The molecule has 0 aliphatic carbocycles. The van der Waals surface area contributed by atoms with E-state index in [9.17, 15) is 19.7 Å². The largest absolute Gasteiger partial charge is 0.452 e. The van der Waals surface area contributed by atoms with Crippen molar-refractivity contribution < 1.29 is 19.2 Å². The van der Waals surface area contributed by atoms with Crippen LogP contribution in [0.15, 0.2) is 42.6 Å². The zero-order valence-corrected chi connectivity index (χ0v) is 14.3. The lowest BCUT2D eigenvalue weighted by atomic mass is 10.2. The summed E-state index contributed by atoms with van der Waals surface area (Å²) in [6.45, 7) is 3.41. The Morgan fingerprint density at radius 2 is 2.00 bits per heavy atom. The molecule has 1 aromatic heterocycles. The van der Waals surface area contributed by atoms with Gasteiger partial charge in [0.1, 0.15) is 5.82 Å². The Balaban J connectivity index is 1.83. The van der Waals surface area contributed by atoms with Gasteiger partial charge in [0.2, 0.25) is 0 Å². The number of benzene rings is 1. The molecule has 1 amide bonds. The number of nitrogens with one attached hydrogen (secondary N) is 1. The van der Waals surface area contributed by atoms with Gasteiger partial charge in [0.15, 0.2) is 6.61 Å². The van der Waals surface area contributed by atoms with Gasteiger partial charge in [-0.1, -0.05) is 0 Å². The van der Waals surface area contributed by atoms with Gasteiger partial charge < -0.3 is 10.1 Å². The summed E-state index contributed by atoms with van der Waals surface area (Å²) < 4.78 is 6.49. The van der Waals surface area contributed by atoms with Crippen molar-refractivity contribution in [3.8, 4) is 0 Å². The van der Waals surface area contributed by atoms with Crippen LogP contribution in [0, 0.1) is 10.1 Å². The van der Waals surface area contributed by atoms with Crippen LogP contribution in [0.4, 0.5) is 11.5 Å². The second-order valence-corrected chi connectivity index (χ2v) is 5.59. The highest BCUT2D eigenvalue weighted by molar-refractivity contribution is 5.94. The number of carbonyl (C=O) groups excluding carboxylic acids is 2. The first kappa shape index (κ1) is 18.8. The maximum absolute atomic E-state index is 11.8. The number of nitro benzene ring substituents is 1. The highest BCUT2D eigenvalue weighted by Gasteiger charge is 2.11. The number of nitro groups is 1. The molecule has 0 saturated carbocycles. The third kappa shape index (κ3) is 5.26. The summed E-state index contributed by atoms with van der Waals surface area (Å²) in [4.78, 5) is 33.6. The molecule has 0 unspecified atom stereocenters. The molecule has 0 bridgehead atoms. The highest BCUT2D eigenvalue weighted by atomic mass is 16.6. The van der Waals surface area contributed by atoms with Crippen LogP contribution >= 0.6 is 0 Å². The molecule has 9 nitrogen and oxygen atoms in total. The van der Waals surface area contributed by atoms with E-state index in [1.54, 1.807) is 16.9 Å². The molecule has 1 aromatic carbocycles. The van der Waals surface area contributed by atoms with Crippen molar-refractivity contribution in [2.75, 3.05) is 11.9 Å². The lowest BCUT2D eigenvalue weighted by molar-refractivity contribution is -0.384. The minimum Gasteiger partial charge on any atom is -0.452 e. The van der Waals surface area contributed by atoms with Gasteiger partial charge in [0, 0.05) is 30.3 Å². The minimum atomic E-state index is -0.698. The second-order valence-electron chi connectivity index (χ2n) is 5.59. The Kier molecular flexibility index (Phi) is 6.20. The topological polar surface area (TPSA) is 116 Å². The standard InChI is InChI=1S/C17H18N4O5/c1-12(2)20-15(9-10-18-20)19-16(22)11-26-17(23)8-5-13-3-6-14(7-4-13)21(24)25/h3-10,12H,11H2,1-2H3,(H,19,22)/b8-5+. The monoisotopic (exact) mass is 358 g/mol. The van der Waals surface area contributed by atoms with Crippen LogP contribution in [0.1, 0.15) is 25.5 Å². The molecule has 2 aromatic rings. The smallest absolute Gasteiger partial charge is 0.331 e. The minimum absolute atomic E-state index is 0.0398. The van der Waals surface area contributed by atoms with E-state index in [1.807, 2.05) is 13.8 Å². The van der Waals surface area contributed by atoms with Crippen LogP contribution in [-0.2, 0) is 14.3 Å². The first-order valence-electron chi connectivity index (χ1n) is 7.79. The van der Waals surface area contributed by atoms with Gasteiger partial charge in [-0.15, -0.1) is 0 Å². The second kappa shape index (κ2) is 8.56. The summed E-state index contributed by atoms with van der Waals surface area (Å²) in [5, 5.41) is 17.3. The number of hydrogen-bond donors (Lipinski definition) is 1. The Morgan fingerprint density at radius 1 is 1.31 bits per heavy atom. The fraction of sp³-hybridized carbons (Fsp3) is 0.235. The average Bonchev–Trinajstić information content (AvgIpc) is 3.06. The van der Waals surface area contributed by atoms with Gasteiger partial charge in [-0.2, -0.15) is 5.10 Å². The number of esters is 1. The molecule has 0 radical (unpaired) electrons. The summed E-state index contributed by atoms with van der Waals surface area (Å²) in [5.41, 5.74) is 0.555. The Morgan fingerprint density at radius 3 is 2.62 bits per heavy atom. The fourth-order valence-corrected chi connectivity index (χ4v) is 2.06. The molecular formula is C17H18N4O5. The maximum atomic E-state index is 11.8. The first-order chi connectivity index (χ1) is 12.4. The van der Waals surface area contributed by atoms with Crippen molar-refractivity contribution in [3.05, 3.63) is 58.3 Å². The van der Waals surface area contributed by atoms with E-state index >= 15 is 0 Å².